The average molecular weight is 190 g/mol. The lowest BCUT2D eigenvalue weighted by Crippen LogP contribution is -1.87. The van der Waals surface area contributed by atoms with Crippen LogP contribution in [-0.4, -0.2) is 7.11 Å². The van der Waals surface area contributed by atoms with Crippen molar-refractivity contribution in [3.8, 4) is 5.75 Å². The molecule has 1 aromatic rings. The molecule has 0 bridgehead atoms. The highest BCUT2D eigenvalue weighted by Crippen LogP contribution is 2.14. The van der Waals surface area contributed by atoms with Gasteiger partial charge in [0.2, 0.25) is 0 Å². The van der Waals surface area contributed by atoms with Crippen LogP contribution >= 0.6 is 0 Å². The van der Waals surface area contributed by atoms with Gasteiger partial charge in [0, 0.05) is 0 Å². The molecule has 0 saturated carbocycles. The minimum Gasteiger partial charge on any atom is -0.497 e. The summed E-state index contributed by atoms with van der Waals surface area (Å²) in [5, 5.41) is 0. The van der Waals surface area contributed by atoms with Gasteiger partial charge < -0.3 is 4.74 Å². The quantitative estimate of drug-likeness (QED) is 0.509. The first kappa shape index (κ1) is 10.8. The van der Waals surface area contributed by atoms with Crippen LogP contribution in [0.2, 0.25) is 0 Å². The molecule has 1 rings (SSSR count). The zero-order chi connectivity index (χ0) is 10.2. The molecule has 1 heteroatoms. The van der Waals surface area contributed by atoms with Gasteiger partial charge in [0.1, 0.15) is 5.75 Å². The maximum absolute atomic E-state index is 5.17. The Hall–Kier alpha value is -1.24. The van der Waals surface area contributed by atoms with Crippen LogP contribution in [0.1, 0.15) is 25.3 Å². The Kier molecular flexibility index (Phi) is 4.84. The Morgan fingerprint density at radius 1 is 1.36 bits per heavy atom. The number of allylic oxidation sites excluding steroid dienone is 2. The minimum absolute atomic E-state index is 0.952. The van der Waals surface area contributed by atoms with Crippen molar-refractivity contribution in [2.24, 2.45) is 0 Å². The Labute approximate surface area is 86.4 Å². The Morgan fingerprint density at radius 3 is 2.93 bits per heavy atom. The van der Waals surface area contributed by atoms with Gasteiger partial charge in [-0.1, -0.05) is 24.3 Å². The van der Waals surface area contributed by atoms with E-state index < -0.39 is 0 Å². The Bertz CT molecular complexity index is 289. The zero-order valence-corrected chi connectivity index (χ0v) is 8.99. The van der Waals surface area contributed by atoms with E-state index in [4.69, 9.17) is 4.74 Å². The SMILES string of the molecule is C/C=C/CCCc1cccc(OC)c1. The Balaban J connectivity index is 2.42. The Morgan fingerprint density at radius 2 is 2.21 bits per heavy atom. The van der Waals surface area contributed by atoms with Gasteiger partial charge in [0.25, 0.3) is 0 Å². The van der Waals surface area contributed by atoms with Gasteiger partial charge in [0.05, 0.1) is 7.11 Å². The molecule has 14 heavy (non-hydrogen) atoms. The fourth-order valence-electron chi connectivity index (χ4n) is 1.42. The third-order valence-corrected chi connectivity index (χ3v) is 2.21. The largest absolute Gasteiger partial charge is 0.497 e. The van der Waals surface area contributed by atoms with Gasteiger partial charge in [0.15, 0.2) is 0 Å². The van der Waals surface area contributed by atoms with Crippen LogP contribution in [0.5, 0.6) is 5.75 Å². The van der Waals surface area contributed by atoms with Crippen LogP contribution in [0.4, 0.5) is 0 Å². The summed E-state index contributed by atoms with van der Waals surface area (Å²) in [7, 11) is 1.71. The number of ether oxygens (including phenoxy) is 1. The molecule has 0 aliphatic carbocycles. The molecular formula is C13H18O. The number of methoxy groups -OCH3 is 1. The topological polar surface area (TPSA) is 9.23 Å². The molecule has 1 aromatic carbocycles. The number of unbranched alkanes of at least 4 members (excludes halogenated alkanes) is 1. The van der Waals surface area contributed by atoms with E-state index in [1.54, 1.807) is 7.11 Å². The van der Waals surface area contributed by atoms with E-state index in [1.165, 1.54) is 12.0 Å². The van der Waals surface area contributed by atoms with Gasteiger partial charge >= 0.3 is 0 Å². The monoisotopic (exact) mass is 190 g/mol. The molecule has 76 valence electrons. The molecule has 0 unspecified atom stereocenters. The van der Waals surface area contributed by atoms with E-state index in [2.05, 4.69) is 31.2 Å². The molecule has 0 atom stereocenters. The highest BCUT2D eigenvalue weighted by Gasteiger charge is 1.94. The first-order valence-corrected chi connectivity index (χ1v) is 5.11. The van der Waals surface area contributed by atoms with Crippen molar-refractivity contribution >= 4 is 0 Å². The number of aryl methyl sites for hydroxylation is 1. The predicted molar refractivity (Wildman–Crippen MR) is 60.7 cm³/mol. The van der Waals surface area contributed by atoms with Crippen LogP contribution in [-0.2, 0) is 6.42 Å². The number of benzene rings is 1. The third-order valence-electron chi connectivity index (χ3n) is 2.21. The first-order valence-electron chi connectivity index (χ1n) is 5.11. The number of hydrogen-bond acceptors (Lipinski definition) is 1. The van der Waals surface area contributed by atoms with E-state index in [0.717, 1.165) is 18.6 Å². The van der Waals surface area contributed by atoms with E-state index in [9.17, 15) is 0 Å². The van der Waals surface area contributed by atoms with Crippen molar-refractivity contribution in [1.82, 2.24) is 0 Å². The number of rotatable bonds is 5. The van der Waals surface area contributed by atoms with Gasteiger partial charge in [-0.15, -0.1) is 0 Å². The number of hydrogen-bond donors (Lipinski definition) is 0. The summed E-state index contributed by atoms with van der Waals surface area (Å²) in [5.74, 6) is 0.952. The normalized spacial score (nSPS) is 10.7. The second-order valence-electron chi connectivity index (χ2n) is 3.31. The molecule has 0 radical (unpaired) electrons. The standard InChI is InChI=1S/C13H18O/c1-3-4-5-6-8-12-9-7-10-13(11-12)14-2/h3-4,7,9-11H,5-6,8H2,1-2H3/b4-3+. The van der Waals surface area contributed by atoms with E-state index in [-0.39, 0.29) is 0 Å². The molecule has 0 heterocycles. The van der Waals surface area contributed by atoms with E-state index >= 15 is 0 Å². The predicted octanol–water partition coefficient (Wildman–Crippen LogP) is 3.59. The first-order chi connectivity index (χ1) is 6.86. The second kappa shape index (κ2) is 6.25. The van der Waals surface area contributed by atoms with Crippen molar-refractivity contribution in [3.05, 3.63) is 42.0 Å². The smallest absolute Gasteiger partial charge is 0.119 e. The fraction of sp³-hybridized carbons (Fsp3) is 0.385. The molecule has 0 aliphatic rings. The van der Waals surface area contributed by atoms with Crippen LogP contribution in [0.3, 0.4) is 0 Å². The highest BCUT2D eigenvalue weighted by atomic mass is 16.5. The van der Waals surface area contributed by atoms with E-state index in [0.29, 0.717) is 0 Å². The molecular weight excluding hydrogens is 172 g/mol. The summed E-state index contributed by atoms with van der Waals surface area (Å²) in [6, 6.07) is 8.28. The minimum atomic E-state index is 0.952. The van der Waals surface area contributed by atoms with E-state index in [1.807, 2.05) is 12.1 Å². The zero-order valence-electron chi connectivity index (χ0n) is 8.99. The lowest BCUT2D eigenvalue weighted by atomic mass is 10.1. The van der Waals surface area contributed by atoms with Crippen LogP contribution in [0.15, 0.2) is 36.4 Å². The van der Waals surface area contributed by atoms with Crippen molar-refractivity contribution in [2.45, 2.75) is 26.2 Å². The summed E-state index contributed by atoms with van der Waals surface area (Å²) in [4.78, 5) is 0. The van der Waals surface area contributed by atoms with Gasteiger partial charge in [-0.3, -0.25) is 0 Å². The maximum Gasteiger partial charge on any atom is 0.119 e. The summed E-state index contributed by atoms with van der Waals surface area (Å²) < 4.78 is 5.17. The average Bonchev–Trinajstić information content (AvgIpc) is 2.25. The molecule has 0 aromatic heterocycles. The summed E-state index contributed by atoms with van der Waals surface area (Å²) in [5.41, 5.74) is 1.36. The lowest BCUT2D eigenvalue weighted by molar-refractivity contribution is 0.414. The maximum atomic E-state index is 5.17. The molecule has 1 nitrogen and oxygen atoms in total. The second-order valence-corrected chi connectivity index (χ2v) is 3.31. The fourth-order valence-corrected chi connectivity index (χ4v) is 1.42. The summed E-state index contributed by atoms with van der Waals surface area (Å²) in [6.45, 7) is 2.06. The molecule has 0 amide bonds. The van der Waals surface area contributed by atoms with Gasteiger partial charge in [-0.2, -0.15) is 0 Å². The summed E-state index contributed by atoms with van der Waals surface area (Å²) >= 11 is 0. The van der Waals surface area contributed by atoms with Crippen LogP contribution in [0, 0.1) is 0 Å². The van der Waals surface area contributed by atoms with Gasteiger partial charge in [-0.05, 0) is 43.9 Å². The van der Waals surface area contributed by atoms with Crippen LogP contribution < -0.4 is 4.74 Å². The van der Waals surface area contributed by atoms with Crippen LogP contribution in [0.25, 0.3) is 0 Å². The third kappa shape index (κ3) is 3.65. The molecule has 0 N–H and O–H groups in total. The van der Waals surface area contributed by atoms with Crippen molar-refractivity contribution in [2.75, 3.05) is 7.11 Å². The van der Waals surface area contributed by atoms with Crippen molar-refractivity contribution in [3.63, 3.8) is 0 Å². The molecule has 0 saturated heterocycles. The summed E-state index contributed by atoms with van der Waals surface area (Å²) in [6.07, 6.45) is 7.80. The molecule has 0 aliphatic heterocycles. The van der Waals surface area contributed by atoms with Crippen molar-refractivity contribution < 1.29 is 4.74 Å². The van der Waals surface area contributed by atoms with Gasteiger partial charge in [-0.25, -0.2) is 0 Å². The molecule has 0 spiro atoms. The molecule has 0 fully saturated rings. The van der Waals surface area contributed by atoms with Crippen molar-refractivity contribution in [1.29, 1.82) is 0 Å². The lowest BCUT2D eigenvalue weighted by Gasteiger charge is -2.03. The highest BCUT2D eigenvalue weighted by molar-refractivity contribution is 5.28.